The van der Waals surface area contributed by atoms with E-state index in [0.29, 0.717) is 22.3 Å². The van der Waals surface area contributed by atoms with Crippen LogP contribution in [0, 0.1) is 10.1 Å². The third-order valence-corrected chi connectivity index (χ3v) is 3.85. The van der Waals surface area contributed by atoms with Gasteiger partial charge in [0, 0.05) is 17.5 Å². The number of carbonyl (C=O) groups excluding carboxylic acids is 1. The molecule has 0 saturated carbocycles. The molecule has 0 aliphatic heterocycles. The first-order chi connectivity index (χ1) is 14.4. The number of nitrogens with one attached hydrogen (secondary N) is 1. The first kappa shape index (κ1) is 20.3. The summed E-state index contributed by atoms with van der Waals surface area (Å²) < 4.78 is 15.6. The molecule has 0 unspecified atom stereocenters. The van der Waals surface area contributed by atoms with Crippen LogP contribution in [0.1, 0.15) is 16.1 Å². The van der Waals surface area contributed by atoms with Gasteiger partial charge in [0.2, 0.25) is 0 Å². The van der Waals surface area contributed by atoms with Crippen LogP contribution in [-0.4, -0.2) is 41.8 Å². The van der Waals surface area contributed by atoms with Crippen LogP contribution in [0.5, 0.6) is 11.5 Å². The van der Waals surface area contributed by atoms with Crippen molar-refractivity contribution in [3.05, 3.63) is 63.9 Å². The van der Waals surface area contributed by atoms with E-state index in [-0.39, 0.29) is 17.2 Å². The highest BCUT2D eigenvalue weighted by Gasteiger charge is 2.14. The smallest absolute Gasteiger partial charge is 0.341 e. The summed E-state index contributed by atoms with van der Waals surface area (Å²) in [6.45, 7) is -0.513. The summed E-state index contributed by atoms with van der Waals surface area (Å²) in [7, 11) is 1.40. The number of aliphatic carboxylic acids is 1. The van der Waals surface area contributed by atoms with Crippen molar-refractivity contribution < 1.29 is 33.5 Å². The molecule has 0 bridgehead atoms. The topological polar surface area (TPSA) is 154 Å². The summed E-state index contributed by atoms with van der Waals surface area (Å²) in [6, 6.07) is 10.0. The van der Waals surface area contributed by atoms with Crippen LogP contribution >= 0.6 is 0 Å². The van der Waals surface area contributed by atoms with Crippen LogP contribution < -0.4 is 14.9 Å². The number of carboxylic acid groups (broad SMARTS) is 1. The van der Waals surface area contributed by atoms with Crippen molar-refractivity contribution in [3.63, 3.8) is 0 Å². The normalized spacial score (nSPS) is 10.8. The predicted molar refractivity (Wildman–Crippen MR) is 104 cm³/mol. The lowest BCUT2D eigenvalue weighted by atomic mass is 10.2. The van der Waals surface area contributed by atoms with Crippen molar-refractivity contribution in [3.8, 4) is 11.5 Å². The number of methoxy groups -OCH3 is 1. The van der Waals surface area contributed by atoms with Crippen LogP contribution in [0.15, 0.2) is 52.0 Å². The van der Waals surface area contributed by atoms with Crippen molar-refractivity contribution in [1.82, 2.24) is 5.43 Å². The molecule has 0 atom stereocenters. The van der Waals surface area contributed by atoms with E-state index in [2.05, 4.69) is 10.5 Å². The van der Waals surface area contributed by atoms with Gasteiger partial charge in [-0.1, -0.05) is 0 Å². The molecule has 0 radical (unpaired) electrons. The number of non-ortho nitro benzene ring substituents is 1. The van der Waals surface area contributed by atoms with Gasteiger partial charge in [0.05, 0.1) is 18.2 Å². The lowest BCUT2D eigenvalue weighted by Gasteiger charge is -2.09. The molecule has 11 nitrogen and oxygen atoms in total. The number of furan rings is 1. The van der Waals surface area contributed by atoms with Gasteiger partial charge in [0.25, 0.3) is 5.69 Å². The molecule has 0 aliphatic rings. The summed E-state index contributed by atoms with van der Waals surface area (Å²) in [6.07, 6.45) is 1.34. The number of benzene rings is 2. The second kappa shape index (κ2) is 8.73. The number of nitro benzene ring substituents is 1. The Kier molecular flexibility index (Phi) is 5.92. The zero-order valence-corrected chi connectivity index (χ0v) is 15.5. The minimum absolute atomic E-state index is 0.0577. The summed E-state index contributed by atoms with van der Waals surface area (Å²) >= 11 is 0. The van der Waals surface area contributed by atoms with Crippen LogP contribution in [0.3, 0.4) is 0 Å². The third-order valence-electron chi connectivity index (χ3n) is 3.85. The number of rotatable bonds is 8. The average molecular weight is 413 g/mol. The van der Waals surface area contributed by atoms with Crippen molar-refractivity contribution in [1.29, 1.82) is 0 Å². The second-order valence-corrected chi connectivity index (χ2v) is 5.88. The Labute approximate surface area is 168 Å². The molecule has 1 heterocycles. The maximum atomic E-state index is 12.2. The van der Waals surface area contributed by atoms with Crippen molar-refractivity contribution in [2.45, 2.75) is 0 Å². The number of amides is 1. The minimum atomic E-state index is -1.12. The van der Waals surface area contributed by atoms with Crippen LogP contribution in [0.25, 0.3) is 11.0 Å². The lowest BCUT2D eigenvalue weighted by molar-refractivity contribution is -0.384. The Balaban J connectivity index is 1.68. The standard InChI is InChI=1S/C19H15N3O8/c1-28-16-6-11(2-4-15(16)29-10-18(23)24)9-20-21-19(25)17-8-12-7-13(22(26)27)3-5-14(12)30-17/h2-9H,10H2,1H3,(H,21,25)(H,23,24)/b20-9+. The first-order valence-electron chi connectivity index (χ1n) is 8.41. The van der Waals surface area contributed by atoms with Gasteiger partial charge in [-0.05, 0) is 35.9 Å². The third kappa shape index (κ3) is 4.70. The molecular weight excluding hydrogens is 398 g/mol. The fraction of sp³-hybridized carbons (Fsp3) is 0.105. The molecule has 0 saturated heterocycles. The maximum Gasteiger partial charge on any atom is 0.341 e. The zero-order valence-electron chi connectivity index (χ0n) is 15.5. The van der Waals surface area contributed by atoms with E-state index in [4.69, 9.17) is 19.0 Å². The highest BCUT2D eigenvalue weighted by atomic mass is 16.6. The summed E-state index contributed by atoms with van der Waals surface area (Å²) in [5.41, 5.74) is 3.06. The molecule has 0 spiro atoms. The van der Waals surface area contributed by atoms with E-state index in [9.17, 15) is 19.7 Å². The van der Waals surface area contributed by atoms with Crippen molar-refractivity contribution in [2.75, 3.05) is 13.7 Å². The van der Waals surface area contributed by atoms with E-state index >= 15 is 0 Å². The van der Waals surface area contributed by atoms with Gasteiger partial charge in [-0.15, -0.1) is 0 Å². The van der Waals surface area contributed by atoms with E-state index < -0.39 is 23.4 Å². The molecule has 154 valence electrons. The summed E-state index contributed by atoms with van der Waals surface area (Å²) in [5, 5.41) is 23.7. The Morgan fingerprint density at radius 2 is 2.03 bits per heavy atom. The van der Waals surface area contributed by atoms with E-state index in [1.165, 1.54) is 43.7 Å². The van der Waals surface area contributed by atoms with Gasteiger partial charge in [-0.25, -0.2) is 10.2 Å². The van der Waals surface area contributed by atoms with E-state index in [1.807, 2.05) is 0 Å². The van der Waals surface area contributed by atoms with Gasteiger partial charge in [-0.2, -0.15) is 5.10 Å². The first-order valence-corrected chi connectivity index (χ1v) is 8.41. The largest absolute Gasteiger partial charge is 0.493 e. The minimum Gasteiger partial charge on any atom is -0.493 e. The van der Waals surface area contributed by atoms with Crippen molar-refractivity contribution >= 4 is 34.7 Å². The number of carbonyl (C=O) groups is 2. The molecule has 2 N–H and O–H groups in total. The Morgan fingerprint density at radius 1 is 1.23 bits per heavy atom. The molecule has 1 aromatic heterocycles. The van der Waals surface area contributed by atoms with Gasteiger partial charge in [-0.3, -0.25) is 14.9 Å². The van der Waals surface area contributed by atoms with E-state index in [0.717, 1.165) is 0 Å². The monoisotopic (exact) mass is 413 g/mol. The maximum absolute atomic E-state index is 12.2. The van der Waals surface area contributed by atoms with E-state index in [1.54, 1.807) is 12.1 Å². The fourth-order valence-corrected chi connectivity index (χ4v) is 2.50. The number of fused-ring (bicyclic) bond motifs is 1. The van der Waals surface area contributed by atoms with Crippen LogP contribution in [0.4, 0.5) is 5.69 Å². The highest BCUT2D eigenvalue weighted by molar-refractivity contribution is 5.97. The number of nitro groups is 1. The lowest BCUT2D eigenvalue weighted by Crippen LogP contribution is -2.16. The molecule has 11 heteroatoms. The molecule has 1 amide bonds. The van der Waals surface area contributed by atoms with Gasteiger partial charge < -0.3 is 19.0 Å². The van der Waals surface area contributed by atoms with Crippen LogP contribution in [-0.2, 0) is 4.79 Å². The number of hydrazone groups is 1. The molecule has 0 fully saturated rings. The number of carboxylic acids is 1. The zero-order chi connectivity index (χ0) is 21.7. The van der Waals surface area contributed by atoms with Crippen molar-refractivity contribution in [2.24, 2.45) is 5.10 Å². The molecule has 3 rings (SSSR count). The van der Waals surface area contributed by atoms with Gasteiger partial charge in [0.1, 0.15) is 5.58 Å². The van der Waals surface area contributed by atoms with Gasteiger partial charge in [0.15, 0.2) is 23.9 Å². The molecule has 2 aromatic carbocycles. The Bertz CT molecular complexity index is 1150. The average Bonchev–Trinajstić information content (AvgIpc) is 3.15. The highest BCUT2D eigenvalue weighted by Crippen LogP contribution is 2.27. The molecular formula is C19H15N3O8. The summed E-state index contributed by atoms with van der Waals surface area (Å²) in [5.74, 6) is -1.27. The fourth-order valence-electron chi connectivity index (χ4n) is 2.50. The van der Waals surface area contributed by atoms with Crippen LogP contribution in [0.2, 0.25) is 0 Å². The number of nitrogens with zero attached hydrogens (tertiary/aromatic N) is 2. The predicted octanol–water partition coefficient (Wildman–Crippen LogP) is 2.58. The quantitative estimate of drug-likeness (QED) is 0.324. The second-order valence-electron chi connectivity index (χ2n) is 5.88. The molecule has 30 heavy (non-hydrogen) atoms. The van der Waals surface area contributed by atoms with Gasteiger partial charge >= 0.3 is 11.9 Å². The Morgan fingerprint density at radius 3 is 2.73 bits per heavy atom. The Hall–Kier alpha value is -4.41. The molecule has 0 aliphatic carbocycles. The number of ether oxygens (including phenoxy) is 2. The molecule has 3 aromatic rings. The number of hydrogen-bond acceptors (Lipinski definition) is 8. The SMILES string of the molecule is COc1cc(/C=N/NC(=O)c2cc3cc([N+](=O)[O-])ccc3o2)ccc1OCC(=O)O. The number of hydrogen-bond donors (Lipinski definition) is 2. The summed E-state index contributed by atoms with van der Waals surface area (Å²) in [4.78, 5) is 33.1.